The molecule has 1 atom stereocenters. The first-order valence-electron chi connectivity index (χ1n) is 22.0. The Hall–Kier alpha value is -6.78. The standard InChI is InChI=1S/C46H52N10O10S/c1-67(62,63)34-14-8-31(9-15-34)37-6-3-7-39-50-46(52-56(37)39)49-32-10-12-33(13-11-32)54-22-20-53(21-23-54)30-41(58)48-19-25-65-27-29-66-28-26-64-24-18-47-36-5-2-4-35-42(36)45(61)55(44(35)60)38-16-17-40(57)51-43(38)59/h2-15,38,47H,16-30H2,1H3,(H,48,58)(H,49,52)(H,51,57,59). The number of aromatic nitrogens is 3. The van der Waals surface area contributed by atoms with E-state index in [0.717, 1.165) is 53.7 Å². The van der Waals surface area contributed by atoms with E-state index in [4.69, 9.17) is 14.2 Å². The van der Waals surface area contributed by atoms with Crippen LogP contribution in [0.15, 0.2) is 89.8 Å². The highest BCUT2D eigenvalue weighted by Crippen LogP contribution is 2.32. The number of nitrogens with zero attached hydrogens (tertiary/aromatic N) is 6. The summed E-state index contributed by atoms with van der Waals surface area (Å²) in [6, 6.07) is 24.3. The Bertz CT molecular complexity index is 2720. The monoisotopic (exact) mass is 936 g/mol. The molecule has 0 saturated carbocycles. The van der Waals surface area contributed by atoms with Gasteiger partial charge in [-0.3, -0.25) is 39.1 Å². The molecule has 0 radical (unpaired) electrons. The average molecular weight is 937 g/mol. The SMILES string of the molecule is CS(=O)(=O)c1ccc(-c2cccc3nc(Nc4ccc(N5CCN(CC(=O)NCCOCCOCCOCCNc6cccc7c6C(=O)N(C6CCC(=O)NC6=O)C7=O)CC5)cc4)nn23)cc1. The normalized spacial score (nSPS) is 16.6. The lowest BCUT2D eigenvalue weighted by atomic mass is 10.0. The number of carbonyl (C=O) groups excluding carboxylic acids is 5. The number of pyridine rings is 1. The number of anilines is 4. The van der Waals surface area contributed by atoms with Crippen LogP contribution in [-0.4, -0.2) is 160 Å². The van der Waals surface area contributed by atoms with Gasteiger partial charge >= 0.3 is 0 Å². The number of rotatable bonds is 21. The van der Waals surface area contributed by atoms with Gasteiger partial charge in [-0.25, -0.2) is 12.9 Å². The predicted octanol–water partition coefficient (Wildman–Crippen LogP) is 2.34. The largest absolute Gasteiger partial charge is 0.382 e. The molecule has 4 N–H and O–H groups in total. The molecule has 67 heavy (non-hydrogen) atoms. The van der Waals surface area contributed by atoms with Crippen LogP contribution < -0.4 is 26.2 Å². The van der Waals surface area contributed by atoms with Gasteiger partial charge in [-0.1, -0.05) is 24.3 Å². The Morgan fingerprint density at radius 3 is 2.18 bits per heavy atom. The van der Waals surface area contributed by atoms with Crippen LogP contribution in [0, 0.1) is 0 Å². The number of hydrogen-bond acceptors (Lipinski definition) is 16. The van der Waals surface area contributed by atoms with Crippen LogP contribution in [0.5, 0.6) is 0 Å². The summed E-state index contributed by atoms with van der Waals surface area (Å²) in [5.41, 5.74) is 5.02. The van der Waals surface area contributed by atoms with E-state index in [-0.39, 0.29) is 34.8 Å². The number of carbonyl (C=O) groups is 5. The minimum absolute atomic E-state index is 0.0535. The van der Waals surface area contributed by atoms with E-state index in [9.17, 15) is 32.4 Å². The van der Waals surface area contributed by atoms with Crippen LogP contribution in [0.25, 0.3) is 16.9 Å². The Balaban J connectivity index is 0.654. The van der Waals surface area contributed by atoms with Crippen molar-refractivity contribution in [2.24, 2.45) is 0 Å². The van der Waals surface area contributed by atoms with E-state index in [1.165, 1.54) is 6.26 Å². The molecular weight excluding hydrogens is 885 g/mol. The first-order valence-corrected chi connectivity index (χ1v) is 23.9. The summed E-state index contributed by atoms with van der Waals surface area (Å²) in [5.74, 6) is -1.84. The summed E-state index contributed by atoms with van der Waals surface area (Å²) in [6.07, 6.45) is 1.33. The fraction of sp³-hybridized carbons (Fsp3) is 0.370. The molecule has 1 unspecified atom stereocenters. The lowest BCUT2D eigenvalue weighted by molar-refractivity contribution is -0.136. The molecule has 20 nitrogen and oxygen atoms in total. The highest BCUT2D eigenvalue weighted by atomic mass is 32.2. The molecule has 5 heterocycles. The summed E-state index contributed by atoms with van der Waals surface area (Å²) in [5, 5.41) is 16.2. The molecule has 3 aliphatic rings. The van der Waals surface area contributed by atoms with Crippen LogP contribution in [0.1, 0.15) is 33.6 Å². The molecule has 2 fully saturated rings. The zero-order valence-electron chi connectivity index (χ0n) is 36.9. The van der Waals surface area contributed by atoms with Crippen LogP contribution >= 0.6 is 0 Å². The molecule has 21 heteroatoms. The van der Waals surface area contributed by atoms with Gasteiger partial charge in [-0.15, -0.1) is 5.10 Å². The maximum absolute atomic E-state index is 13.2. The molecule has 8 rings (SSSR count). The molecule has 5 aromatic rings. The second-order valence-electron chi connectivity index (χ2n) is 16.1. The molecule has 0 spiro atoms. The highest BCUT2D eigenvalue weighted by molar-refractivity contribution is 7.90. The second-order valence-corrected chi connectivity index (χ2v) is 18.2. The van der Waals surface area contributed by atoms with E-state index in [1.807, 2.05) is 42.5 Å². The van der Waals surface area contributed by atoms with Gasteiger partial charge in [0.1, 0.15) is 6.04 Å². The number of imide groups is 2. The molecule has 2 saturated heterocycles. The van der Waals surface area contributed by atoms with Gasteiger partial charge in [0.05, 0.1) is 67.9 Å². The molecule has 0 aliphatic carbocycles. The van der Waals surface area contributed by atoms with Gasteiger partial charge < -0.3 is 35.1 Å². The van der Waals surface area contributed by atoms with E-state index >= 15 is 0 Å². The van der Waals surface area contributed by atoms with Gasteiger partial charge in [0.25, 0.3) is 11.8 Å². The van der Waals surface area contributed by atoms with Crippen LogP contribution in [-0.2, 0) is 38.4 Å². The Morgan fingerprint density at radius 2 is 1.48 bits per heavy atom. The summed E-state index contributed by atoms with van der Waals surface area (Å²) in [7, 11) is -3.30. The maximum Gasteiger partial charge on any atom is 0.264 e. The number of amides is 5. The van der Waals surface area contributed by atoms with Gasteiger partial charge in [0.15, 0.2) is 15.5 Å². The Kier molecular flexibility index (Phi) is 14.8. The van der Waals surface area contributed by atoms with Crippen molar-refractivity contribution in [3.8, 4) is 11.3 Å². The summed E-state index contributed by atoms with van der Waals surface area (Å²) >= 11 is 0. The van der Waals surface area contributed by atoms with Crippen molar-refractivity contribution in [3.05, 3.63) is 96.1 Å². The second kappa shape index (κ2) is 21.2. The fourth-order valence-electron chi connectivity index (χ4n) is 8.08. The number of piperidine rings is 1. The van der Waals surface area contributed by atoms with Crippen molar-refractivity contribution in [2.45, 2.75) is 23.8 Å². The van der Waals surface area contributed by atoms with Gasteiger partial charge in [0.2, 0.25) is 23.7 Å². The highest BCUT2D eigenvalue weighted by Gasteiger charge is 2.45. The third kappa shape index (κ3) is 11.4. The van der Waals surface area contributed by atoms with Crippen LogP contribution in [0.4, 0.5) is 23.0 Å². The van der Waals surface area contributed by atoms with Gasteiger partial charge in [-0.2, -0.15) is 4.98 Å². The number of benzene rings is 3. The Morgan fingerprint density at radius 1 is 0.791 bits per heavy atom. The van der Waals surface area contributed by atoms with Crippen molar-refractivity contribution in [3.63, 3.8) is 0 Å². The van der Waals surface area contributed by atoms with Crippen molar-refractivity contribution in [1.29, 1.82) is 0 Å². The van der Waals surface area contributed by atoms with Gasteiger partial charge in [0, 0.05) is 74.6 Å². The first kappa shape index (κ1) is 46.7. The van der Waals surface area contributed by atoms with Crippen LogP contribution in [0.2, 0.25) is 0 Å². The van der Waals surface area contributed by atoms with E-state index in [0.29, 0.717) is 76.6 Å². The smallest absolute Gasteiger partial charge is 0.264 e. The summed E-state index contributed by atoms with van der Waals surface area (Å²) in [6.45, 7) is 6.21. The van der Waals surface area contributed by atoms with Crippen molar-refractivity contribution < 1.29 is 46.6 Å². The quantitative estimate of drug-likeness (QED) is 0.0611. The summed E-state index contributed by atoms with van der Waals surface area (Å²) in [4.78, 5) is 73.0. The topological polar surface area (TPSA) is 235 Å². The zero-order valence-corrected chi connectivity index (χ0v) is 37.8. The number of fused-ring (bicyclic) bond motifs is 2. The fourth-order valence-corrected chi connectivity index (χ4v) is 8.71. The van der Waals surface area contributed by atoms with Gasteiger partial charge in [-0.05, 0) is 67.1 Å². The van der Waals surface area contributed by atoms with E-state index in [2.05, 4.69) is 41.1 Å². The number of ether oxygens (including phenoxy) is 3. The molecule has 3 aromatic carbocycles. The number of hydrogen-bond donors (Lipinski definition) is 4. The van der Waals surface area contributed by atoms with Crippen LogP contribution in [0.3, 0.4) is 0 Å². The molecular formula is C46H52N10O10S. The lowest BCUT2D eigenvalue weighted by Gasteiger charge is -2.35. The molecule has 5 amide bonds. The molecule has 0 bridgehead atoms. The van der Waals surface area contributed by atoms with Crippen molar-refractivity contribution >= 4 is 68.0 Å². The van der Waals surface area contributed by atoms with E-state index < -0.39 is 39.5 Å². The first-order chi connectivity index (χ1) is 32.4. The predicted molar refractivity (Wildman–Crippen MR) is 247 cm³/mol. The minimum atomic E-state index is -3.30. The average Bonchev–Trinajstić information content (AvgIpc) is 3.85. The number of piperazine rings is 1. The zero-order chi connectivity index (χ0) is 46.9. The minimum Gasteiger partial charge on any atom is -0.382 e. The third-order valence-electron chi connectivity index (χ3n) is 11.5. The number of nitrogens with one attached hydrogen (secondary N) is 4. The lowest BCUT2D eigenvalue weighted by Crippen LogP contribution is -2.54. The molecule has 2 aromatic heterocycles. The van der Waals surface area contributed by atoms with Crippen molar-refractivity contribution in [1.82, 2.24) is 35.0 Å². The van der Waals surface area contributed by atoms with E-state index in [1.54, 1.807) is 47.0 Å². The molecule has 3 aliphatic heterocycles. The maximum atomic E-state index is 13.2. The third-order valence-corrected chi connectivity index (χ3v) is 12.6. The number of sulfone groups is 1. The van der Waals surface area contributed by atoms with Crippen molar-refractivity contribution in [2.75, 3.05) is 107 Å². The Labute approximate surface area is 386 Å². The summed E-state index contributed by atoms with van der Waals surface area (Å²) < 4.78 is 42.3. The molecule has 352 valence electrons.